The molecule has 86 valence electrons. The van der Waals surface area contributed by atoms with Gasteiger partial charge >= 0.3 is 0 Å². The van der Waals surface area contributed by atoms with Gasteiger partial charge in [0, 0.05) is 12.5 Å². The van der Waals surface area contributed by atoms with Crippen LogP contribution in [-0.4, -0.2) is 35.4 Å². The predicted octanol–water partition coefficient (Wildman–Crippen LogP) is 0.761. The third kappa shape index (κ3) is 2.82. The van der Waals surface area contributed by atoms with Crippen molar-refractivity contribution >= 4 is 23.4 Å². The first-order valence-corrected chi connectivity index (χ1v) is 5.63. The highest BCUT2D eigenvalue weighted by Crippen LogP contribution is 2.09. The molecule has 0 aromatic heterocycles. The summed E-state index contributed by atoms with van der Waals surface area (Å²) in [7, 11) is 0. The van der Waals surface area contributed by atoms with Gasteiger partial charge in [-0.05, 0) is 6.92 Å². The Morgan fingerprint density at radius 2 is 2.33 bits per heavy atom. The van der Waals surface area contributed by atoms with Crippen molar-refractivity contribution in [2.24, 2.45) is 21.7 Å². The third-order valence-electron chi connectivity index (χ3n) is 2.09. The fraction of sp³-hybridized carbons (Fsp3) is 0.778. The van der Waals surface area contributed by atoms with Crippen LogP contribution in [0.1, 0.15) is 20.8 Å². The average molecular weight is 232 g/mol. The van der Waals surface area contributed by atoms with Gasteiger partial charge in [-0.1, -0.05) is 13.8 Å². The minimum atomic E-state index is -0.133. The molecular formula is C9H18ClN5. The maximum Gasteiger partial charge on any atom is 0.221 e. The number of hydrazine groups is 1. The summed E-state index contributed by atoms with van der Waals surface area (Å²) in [6.45, 7) is 6.73. The Morgan fingerprint density at radius 3 is 2.80 bits per heavy atom. The van der Waals surface area contributed by atoms with Crippen LogP contribution >= 0.6 is 11.6 Å². The van der Waals surface area contributed by atoms with Crippen molar-refractivity contribution in [3.8, 4) is 0 Å². The summed E-state index contributed by atoms with van der Waals surface area (Å²) in [5.41, 5.74) is 0. The summed E-state index contributed by atoms with van der Waals surface area (Å²) in [6, 6.07) is 0. The lowest BCUT2D eigenvalue weighted by atomic mass is 10.2. The van der Waals surface area contributed by atoms with Crippen molar-refractivity contribution in [2.75, 3.05) is 12.4 Å². The van der Waals surface area contributed by atoms with Crippen molar-refractivity contribution in [1.29, 1.82) is 0 Å². The second-order valence-electron chi connectivity index (χ2n) is 3.64. The zero-order valence-electron chi connectivity index (χ0n) is 9.37. The van der Waals surface area contributed by atoms with Gasteiger partial charge in [0.15, 0.2) is 0 Å². The average Bonchev–Trinajstić information content (AvgIpc) is 2.20. The molecule has 6 heteroatoms. The number of amidine groups is 1. The summed E-state index contributed by atoms with van der Waals surface area (Å²) >= 11 is 5.82. The van der Waals surface area contributed by atoms with E-state index in [2.05, 4.69) is 15.3 Å². The van der Waals surface area contributed by atoms with Crippen LogP contribution < -0.4 is 11.2 Å². The SMILES string of the molecule is CCN=C1N=C(C(C)C)N(N)C(CCl)N1. The number of nitrogens with zero attached hydrogens (tertiary/aromatic N) is 3. The van der Waals surface area contributed by atoms with Crippen LogP contribution in [0.4, 0.5) is 0 Å². The molecule has 1 aliphatic rings. The quantitative estimate of drug-likeness (QED) is 0.557. The smallest absolute Gasteiger partial charge is 0.221 e. The molecule has 0 aromatic rings. The van der Waals surface area contributed by atoms with Gasteiger partial charge in [0.05, 0.1) is 5.88 Å². The Balaban J connectivity index is 2.95. The van der Waals surface area contributed by atoms with E-state index in [0.29, 0.717) is 18.4 Å². The third-order valence-corrected chi connectivity index (χ3v) is 2.38. The highest BCUT2D eigenvalue weighted by Gasteiger charge is 2.26. The standard InChI is InChI=1S/C9H18ClN5/c1-4-12-9-13-7(5-10)15(11)8(14-9)6(2)3/h6-7H,4-5,11H2,1-3H3,(H,12,13). The molecule has 0 bridgehead atoms. The van der Waals surface area contributed by atoms with E-state index < -0.39 is 0 Å². The molecule has 1 aliphatic heterocycles. The zero-order chi connectivity index (χ0) is 11.4. The highest BCUT2D eigenvalue weighted by atomic mass is 35.5. The number of halogens is 1. The van der Waals surface area contributed by atoms with Gasteiger partial charge in [-0.2, -0.15) is 4.99 Å². The van der Waals surface area contributed by atoms with Crippen LogP contribution in [0.5, 0.6) is 0 Å². The van der Waals surface area contributed by atoms with Crippen LogP contribution in [-0.2, 0) is 0 Å². The molecule has 0 saturated carbocycles. The van der Waals surface area contributed by atoms with E-state index in [-0.39, 0.29) is 12.1 Å². The molecule has 1 rings (SSSR count). The van der Waals surface area contributed by atoms with Gasteiger partial charge in [-0.3, -0.25) is 10.0 Å². The number of hydrogen-bond acceptors (Lipinski definition) is 3. The van der Waals surface area contributed by atoms with Gasteiger partial charge in [0.25, 0.3) is 0 Å². The van der Waals surface area contributed by atoms with E-state index in [0.717, 1.165) is 5.84 Å². The predicted molar refractivity (Wildman–Crippen MR) is 63.9 cm³/mol. The van der Waals surface area contributed by atoms with Crippen molar-refractivity contribution < 1.29 is 0 Å². The molecular weight excluding hydrogens is 214 g/mol. The number of rotatable bonds is 3. The molecule has 0 radical (unpaired) electrons. The summed E-state index contributed by atoms with van der Waals surface area (Å²) in [5.74, 6) is 7.97. The van der Waals surface area contributed by atoms with Crippen LogP contribution in [0.3, 0.4) is 0 Å². The largest absolute Gasteiger partial charge is 0.332 e. The molecule has 3 N–H and O–H groups in total. The Bertz CT molecular complexity index is 274. The molecule has 15 heavy (non-hydrogen) atoms. The van der Waals surface area contributed by atoms with Crippen molar-refractivity contribution in [2.45, 2.75) is 26.9 Å². The van der Waals surface area contributed by atoms with Gasteiger partial charge in [0.2, 0.25) is 5.96 Å². The first-order valence-electron chi connectivity index (χ1n) is 5.09. The summed E-state index contributed by atoms with van der Waals surface area (Å²) in [6.07, 6.45) is -0.133. The number of aliphatic imine (C=N–C) groups is 2. The monoisotopic (exact) mass is 231 g/mol. The summed E-state index contributed by atoms with van der Waals surface area (Å²) in [4.78, 5) is 8.57. The molecule has 0 spiro atoms. The molecule has 0 amide bonds. The lowest BCUT2D eigenvalue weighted by molar-refractivity contribution is 0.303. The fourth-order valence-corrected chi connectivity index (χ4v) is 1.57. The van der Waals surface area contributed by atoms with Crippen LogP contribution in [0.2, 0.25) is 0 Å². The number of hydrogen-bond donors (Lipinski definition) is 2. The molecule has 0 fully saturated rings. The molecule has 1 unspecified atom stereocenters. The molecule has 0 aromatic carbocycles. The second-order valence-corrected chi connectivity index (χ2v) is 3.95. The zero-order valence-corrected chi connectivity index (χ0v) is 10.1. The summed E-state index contributed by atoms with van der Waals surface area (Å²) in [5, 5.41) is 4.65. The minimum Gasteiger partial charge on any atom is -0.332 e. The molecule has 0 saturated heterocycles. The highest BCUT2D eigenvalue weighted by molar-refractivity contribution is 6.18. The maximum absolute atomic E-state index is 5.89. The van der Waals surface area contributed by atoms with Crippen LogP contribution in [0, 0.1) is 5.92 Å². The Labute approximate surface area is 95.4 Å². The molecule has 0 aliphatic carbocycles. The van der Waals surface area contributed by atoms with E-state index in [1.165, 1.54) is 0 Å². The Kier molecular flexibility index (Phi) is 4.35. The first kappa shape index (κ1) is 12.3. The van der Waals surface area contributed by atoms with Gasteiger partial charge in [-0.25, -0.2) is 5.84 Å². The molecule has 5 nitrogen and oxygen atoms in total. The van der Waals surface area contributed by atoms with Crippen LogP contribution in [0.25, 0.3) is 0 Å². The first-order chi connectivity index (χ1) is 7.10. The Hall–Kier alpha value is -0.810. The van der Waals surface area contributed by atoms with Gasteiger partial charge in [0.1, 0.15) is 12.0 Å². The van der Waals surface area contributed by atoms with Gasteiger partial charge < -0.3 is 5.32 Å². The number of alkyl halides is 1. The molecule has 1 heterocycles. The maximum atomic E-state index is 5.89. The van der Waals surface area contributed by atoms with Crippen molar-refractivity contribution in [3.05, 3.63) is 0 Å². The number of guanidine groups is 1. The van der Waals surface area contributed by atoms with Crippen molar-refractivity contribution in [1.82, 2.24) is 10.3 Å². The second kappa shape index (κ2) is 5.32. The number of nitrogens with two attached hydrogens (primary N) is 1. The lowest BCUT2D eigenvalue weighted by Crippen LogP contribution is -2.60. The summed E-state index contributed by atoms with van der Waals surface area (Å²) < 4.78 is 0. The van der Waals surface area contributed by atoms with E-state index >= 15 is 0 Å². The van der Waals surface area contributed by atoms with E-state index in [9.17, 15) is 0 Å². The van der Waals surface area contributed by atoms with E-state index in [1.54, 1.807) is 5.01 Å². The number of nitrogens with one attached hydrogen (secondary N) is 1. The fourth-order valence-electron chi connectivity index (χ4n) is 1.35. The Morgan fingerprint density at radius 1 is 1.67 bits per heavy atom. The van der Waals surface area contributed by atoms with E-state index in [1.807, 2.05) is 20.8 Å². The lowest BCUT2D eigenvalue weighted by Gasteiger charge is -2.35. The van der Waals surface area contributed by atoms with Crippen molar-refractivity contribution in [3.63, 3.8) is 0 Å². The minimum absolute atomic E-state index is 0.133. The topological polar surface area (TPSA) is 66.0 Å². The van der Waals surface area contributed by atoms with Gasteiger partial charge in [-0.15, -0.1) is 11.6 Å². The molecule has 1 atom stereocenters. The normalized spacial score (nSPS) is 24.4. The van der Waals surface area contributed by atoms with Crippen LogP contribution in [0.15, 0.2) is 9.98 Å². The van der Waals surface area contributed by atoms with E-state index in [4.69, 9.17) is 17.4 Å².